The van der Waals surface area contributed by atoms with E-state index in [1.165, 1.54) is 0 Å². The number of rotatable bonds is 2. The molecule has 0 aliphatic carbocycles. The third kappa shape index (κ3) is 2.95. The minimum atomic E-state index is -3.12. The molecule has 5 nitrogen and oxygen atoms in total. The van der Waals surface area contributed by atoms with Gasteiger partial charge in [-0.2, -0.15) is 0 Å². The van der Waals surface area contributed by atoms with E-state index < -0.39 is 14.6 Å². The van der Waals surface area contributed by atoms with Crippen molar-refractivity contribution >= 4 is 21.4 Å². The van der Waals surface area contributed by atoms with E-state index in [9.17, 15) is 13.2 Å². The number of anilines is 1. The third-order valence-electron chi connectivity index (χ3n) is 3.73. The molecule has 0 radical (unpaired) electrons. The second kappa shape index (κ2) is 5.09. The quantitative estimate of drug-likeness (QED) is 0.820. The maximum absolute atomic E-state index is 12.3. The van der Waals surface area contributed by atoms with Crippen molar-refractivity contribution in [3.05, 3.63) is 29.8 Å². The lowest BCUT2D eigenvalue weighted by molar-refractivity contribution is -0.130. The molecule has 110 valence electrons. The van der Waals surface area contributed by atoms with Gasteiger partial charge in [-0.05, 0) is 31.5 Å². The summed E-state index contributed by atoms with van der Waals surface area (Å²) in [6.07, 6.45) is 0.274. The van der Waals surface area contributed by atoms with Crippen LogP contribution < -0.4 is 5.73 Å². The van der Waals surface area contributed by atoms with Crippen LogP contribution in [0.3, 0.4) is 0 Å². The van der Waals surface area contributed by atoms with Crippen molar-refractivity contribution < 1.29 is 13.2 Å². The number of benzene rings is 1. The average molecular weight is 296 g/mol. The van der Waals surface area contributed by atoms with Gasteiger partial charge in [-0.25, -0.2) is 8.42 Å². The molecule has 1 aliphatic rings. The van der Waals surface area contributed by atoms with Crippen LogP contribution in [-0.2, 0) is 21.1 Å². The molecule has 0 bridgehead atoms. The van der Waals surface area contributed by atoms with Crippen LogP contribution >= 0.6 is 0 Å². The average Bonchev–Trinajstić information content (AvgIpc) is 2.35. The maximum Gasteiger partial charge on any atom is 0.227 e. The van der Waals surface area contributed by atoms with E-state index in [1.807, 2.05) is 12.1 Å². The van der Waals surface area contributed by atoms with Crippen molar-refractivity contribution in [3.8, 4) is 0 Å². The molecule has 0 atom stereocenters. The van der Waals surface area contributed by atoms with Crippen LogP contribution in [-0.4, -0.2) is 42.8 Å². The van der Waals surface area contributed by atoms with E-state index in [2.05, 4.69) is 0 Å². The van der Waals surface area contributed by atoms with Gasteiger partial charge in [0.05, 0.1) is 16.9 Å². The van der Waals surface area contributed by atoms with Crippen LogP contribution in [0.2, 0.25) is 0 Å². The Kier molecular flexibility index (Phi) is 3.77. The summed E-state index contributed by atoms with van der Waals surface area (Å²) >= 11 is 0. The van der Waals surface area contributed by atoms with Crippen LogP contribution in [0.5, 0.6) is 0 Å². The van der Waals surface area contributed by atoms with Crippen molar-refractivity contribution in [1.82, 2.24) is 4.90 Å². The highest BCUT2D eigenvalue weighted by Crippen LogP contribution is 2.24. The number of sulfone groups is 1. The van der Waals surface area contributed by atoms with Gasteiger partial charge < -0.3 is 10.6 Å². The van der Waals surface area contributed by atoms with Gasteiger partial charge in [0.2, 0.25) is 5.91 Å². The van der Waals surface area contributed by atoms with E-state index in [0.717, 1.165) is 5.56 Å². The van der Waals surface area contributed by atoms with Gasteiger partial charge >= 0.3 is 0 Å². The molecule has 0 spiro atoms. The molecule has 1 amide bonds. The zero-order chi connectivity index (χ0) is 15.0. The van der Waals surface area contributed by atoms with Crippen molar-refractivity contribution in [3.63, 3.8) is 0 Å². The summed E-state index contributed by atoms with van der Waals surface area (Å²) in [6, 6.07) is 7.15. The predicted octanol–water partition coefficient (Wildman–Crippen LogP) is 0.847. The molecule has 1 fully saturated rings. The van der Waals surface area contributed by atoms with Gasteiger partial charge in [0.25, 0.3) is 0 Å². The Morgan fingerprint density at radius 3 is 2.45 bits per heavy atom. The fraction of sp³-hybridized carbons (Fsp3) is 0.500. The standard InChI is InChI=1S/C14H20N2O3S/c1-14(2)10-16(7-8-20(14,18)19)13(17)9-11-3-5-12(15)6-4-11/h3-6H,7-10,15H2,1-2H3. The Balaban J connectivity index is 2.06. The first-order valence-corrected chi connectivity index (χ1v) is 8.21. The molecule has 0 saturated carbocycles. The summed E-state index contributed by atoms with van der Waals surface area (Å²) in [7, 11) is -3.12. The number of hydrogen-bond donors (Lipinski definition) is 1. The first-order chi connectivity index (χ1) is 9.21. The third-order valence-corrected chi connectivity index (χ3v) is 6.26. The van der Waals surface area contributed by atoms with Crippen molar-refractivity contribution in [2.24, 2.45) is 0 Å². The number of nitrogen functional groups attached to an aromatic ring is 1. The Morgan fingerprint density at radius 2 is 1.90 bits per heavy atom. The molecule has 1 aromatic rings. The molecule has 1 aromatic carbocycles. The van der Waals surface area contributed by atoms with Gasteiger partial charge in [-0.1, -0.05) is 12.1 Å². The predicted molar refractivity (Wildman–Crippen MR) is 79.0 cm³/mol. The molecule has 20 heavy (non-hydrogen) atoms. The SMILES string of the molecule is CC1(C)CN(C(=O)Cc2ccc(N)cc2)CCS1(=O)=O. The van der Waals surface area contributed by atoms with E-state index >= 15 is 0 Å². The second-order valence-corrected chi connectivity index (χ2v) is 8.56. The Hall–Kier alpha value is -1.56. The molecule has 1 heterocycles. The number of nitrogens with zero attached hydrogens (tertiary/aromatic N) is 1. The van der Waals surface area contributed by atoms with Crippen LogP contribution in [0.15, 0.2) is 24.3 Å². The topological polar surface area (TPSA) is 80.5 Å². The number of nitrogens with two attached hydrogens (primary N) is 1. The van der Waals surface area contributed by atoms with Crippen LogP contribution in [0.25, 0.3) is 0 Å². The van der Waals surface area contributed by atoms with E-state index in [4.69, 9.17) is 5.73 Å². The summed E-state index contributed by atoms with van der Waals surface area (Å²) in [5, 5.41) is 0. The lowest BCUT2D eigenvalue weighted by Gasteiger charge is -2.37. The number of amides is 1. The molecule has 0 aromatic heterocycles. The summed E-state index contributed by atoms with van der Waals surface area (Å²) in [5.41, 5.74) is 7.15. The van der Waals surface area contributed by atoms with E-state index in [0.29, 0.717) is 5.69 Å². The minimum absolute atomic E-state index is 0.0352. The van der Waals surface area contributed by atoms with Crippen molar-refractivity contribution in [1.29, 1.82) is 0 Å². The highest BCUT2D eigenvalue weighted by Gasteiger charge is 2.41. The molecule has 2 rings (SSSR count). The summed E-state index contributed by atoms with van der Waals surface area (Å²) in [6.45, 7) is 3.87. The maximum atomic E-state index is 12.3. The van der Waals surface area contributed by atoms with Crippen LogP contribution in [0.4, 0.5) is 5.69 Å². The smallest absolute Gasteiger partial charge is 0.227 e. The Bertz CT molecular complexity index is 606. The van der Waals surface area contributed by atoms with Crippen LogP contribution in [0.1, 0.15) is 19.4 Å². The van der Waals surface area contributed by atoms with Crippen molar-refractivity contribution in [2.45, 2.75) is 25.0 Å². The summed E-state index contributed by atoms with van der Waals surface area (Å²) in [4.78, 5) is 13.9. The molecular formula is C14H20N2O3S. The van der Waals surface area contributed by atoms with E-state index in [1.54, 1.807) is 30.9 Å². The fourth-order valence-corrected chi connectivity index (χ4v) is 3.64. The molecule has 6 heteroatoms. The Morgan fingerprint density at radius 1 is 1.30 bits per heavy atom. The zero-order valence-electron chi connectivity index (χ0n) is 11.8. The molecule has 1 saturated heterocycles. The largest absolute Gasteiger partial charge is 0.399 e. The molecule has 1 aliphatic heterocycles. The fourth-order valence-electron chi connectivity index (χ4n) is 2.28. The summed E-state index contributed by atoms with van der Waals surface area (Å²) < 4.78 is 23.0. The lowest BCUT2D eigenvalue weighted by Crippen LogP contribution is -2.54. The monoisotopic (exact) mass is 296 g/mol. The van der Waals surface area contributed by atoms with Gasteiger partial charge in [-0.15, -0.1) is 0 Å². The Labute approximate surface area is 119 Å². The lowest BCUT2D eigenvalue weighted by atomic mass is 10.1. The normalized spacial score (nSPS) is 20.6. The minimum Gasteiger partial charge on any atom is -0.399 e. The summed E-state index contributed by atoms with van der Waals surface area (Å²) in [5.74, 6) is -0.00856. The van der Waals surface area contributed by atoms with Gasteiger partial charge in [0, 0.05) is 18.8 Å². The number of carbonyl (C=O) groups is 1. The number of hydrogen-bond acceptors (Lipinski definition) is 4. The van der Waals surface area contributed by atoms with Crippen LogP contribution in [0, 0.1) is 0 Å². The van der Waals surface area contributed by atoms with E-state index in [-0.39, 0.29) is 31.2 Å². The highest BCUT2D eigenvalue weighted by atomic mass is 32.2. The van der Waals surface area contributed by atoms with Gasteiger partial charge in [0.1, 0.15) is 0 Å². The molecular weight excluding hydrogens is 276 g/mol. The highest BCUT2D eigenvalue weighted by molar-refractivity contribution is 7.92. The van der Waals surface area contributed by atoms with Gasteiger partial charge in [-0.3, -0.25) is 4.79 Å². The second-order valence-electron chi connectivity index (χ2n) is 5.81. The van der Waals surface area contributed by atoms with Gasteiger partial charge in [0.15, 0.2) is 9.84 Å². The first-order valence-electron chi connectivity index (χ1n) is 6.56. The number of carbonyl (C=O) groups excluding carboxylic acids is 1. The molecule has 2 N–H and O–H groups in total. The van der Waals surface area contributed by atoms with Crippen molar-refractivity contribution in [2.75, 3.05) is 24.6 Å². The first kappa shape index (κ1) is 14.8. The molecule has 0 unspecified atom stereocenters. The zero-order valence-corrected chi connectivity index (χ0v) is 12.6.